The van der Waals surface area contributed by atoms with Crippen molar-refractivity contribution in [3.63, 3.8) is 0 Å². The minimum absolute atomic E-state index is 0.0875. The summed E-state index contributed by atoms with van der Waals surface area (Å²) in [5.74, 6) is -3.78. The van der Waals surface area contributed by atoms with Crippen molar-refractivity contribution in [2.45, 2.75) is 19.3 Å². The molecule has 0 saturated heterocycles. The minimum Gasteiger partial charge on any atom is -0.492 e. The fourth-order valence-corrected chi connectivity index (χ4v) is 2.88. The van der Waals surface area contributed by atoms with Gasteiger partial charge in [-0.2, -0.15) is 0 Å². The Morgan fingerprint density at radius 3 is 2.06 bits per heavy atom. The van der Waals surface area contributed by atoms with Gasteiger partial charge in [-0.3, -0.25) is 28.9 Å². The molecule has 0 spiro atoms. The third-order valence-corrected chi connectivity index (χ3v) is 4.68. The summed E-state index contributed by atoms with van der Waals surface area (Å²) in [6, 6.07) is 2.26. The van der Waals surface area contributed by atoms with E-state index < -0.39 is 41.4 Å². The van der Waals surface area contributed by atoms with Crippen LogP contribution < -0.4 is 26.1 Å². The molecule has 0 bridgehead atoms. The molecule has 0 fully saturated rings. The number of nitrogens with one attached hydrogen (secondary N) is 4. The van der Waals surface area contributed by atoms with Crippen LogP contribution in [0.5, 0.6) is 11.8 Å². The lowest BCUT2D eigenvalue weighted by atomic mass is 10.2. The molecule has 2 rings (SSSR count). The van der Waals surface area contributed by atoms with Crippen molar-refractivity contribution in [2.75, 3.05) is 39.3 Å². The SMILES string of the molecule is O=C(CCCN1C(=O)C=CC1=O)NCCNCC(=O)NCC(=O)NCCC(=O)On1c(O)ccc1O. The average Bonchev–Trinajstić information content (AvgIpc) is 3.32. The largest absolute Gasteiger partial charge is 0.492 e. The first-order valence-electron chi connectivity index (χ1n) is 11.0. The van der Waals surface area contributed by atoms with Gasteiger partial charge in [0.25, 0.3) is 11.8 Å². The molecule has 0 aromatic carbocycles. The molecule has 0 saturated carbocycles. The standard InChI is InChI=1S/C21H28N6O9/c28-14(2-1-11-26-17(31)3-4-18(26)32)24-10-9-22-12-15(29)25-13-16(30)23-8-7-21(35)36-27-19(33)5-6-20(27)34/h3-6,22,33-34H,1-2,7-13H2,(H,23,30)(H,24,28)(H,25,29). The number of hydrogen-bond donors (Lipinski definition) is 6. The fraction of sp³-hybridized carbons (Fsp3) is 0.429. The molecule has 6 N–H and O–H groups in total. The Morgan fingerprint density at radius 1 is 0.778 bits per heavy atom. The normalized spacial score (nSPS) is 12.5. The predicted octanol–water partition coefficient (Wildman–Crippen LogP) is -3.11. The Labute approximate surface area is 205 Å². The van der Waals surface area contributed by atoms with E-state index in [0.29, 0.717) is 17.7 Å². The van der Waals surface area contributed by atoms with Crippen molar-refractivity contribution in [1.29, 1.82) is 0 Å². The number of aromatic hydroxyl groups is 2. The molecule has 1 aliphatic rings. The van der Waals surface area contributed by atoms with Crippen LogP contribution in [0.3, 0.4) is 0 Å². The van der Waals surface area contributed by atoms with E-state index in [9.17, 15) is 39.0 Å². The molecule has 1 aromatic rings. The van der Waals surface area contributed by atoms with Gasteiger partial charge in [-0.1, -0.05) is 0 Å². The zero-order valence-corrected chi connectivity index (χ0v) is 19.3. The first kappa shape index (κ1) is 27.8. The Bertz CT molecular complexity index is 982. The van der Waals surface area contributed by atoms with Crippen molar-refractivity contribution < 1.29 is 43.8 Å². The van der Waals surface area contributed by atoms with E-state index in [2.05, 4.69) is 21.3 Å². The van der Waals surface area contributed by atoms with Crippen LogP contribution in [0.1, 0.15) is 19.3 Å². The second-order valence-corrected chi connectivity index (χ2v) is 7.48. The molecule has 36 heavy (non-hydrogen) atoms. The molecule has 1 aliphatic heterocycles. The van der Waals surface area contributed by atoms with E-state index in [4.69, 9.17) is 4.84 Å². The van der Waals surface area contributed by atoms with Gasteiger partial charge >= 0.3 is 5.97 Å². The number of imide groups is 1. The Morgan fingerprint density at radius 2 is 1.39 bits per heavy atom. The predicted molar refractivity (Wildman–Crippen MR) is 121 cm³/mol. The number of rotatable bonds is 15. The highest BCUT2D eigenvalue weighted by atomic mass is 16.7. The van der Waals surface area contributed by atoms with Gasteiger partial charge in [0, 0.05) is 56.9 Å². The molecule has 15 heteroatoms. The summed E-state index contributed by atoms with van der Waals surface area (Å²) in [6.45, 7) is 0.221. The molecule has 0 aliphatic carbocycles. The monoisotopic (exact) mass is 508 g/mol. The van der Waals surface area contributed by atoms with Gasteiger partial charge < -0.3 is 36.3 Å². The topological polar surface area (TPSA) is 208 Å². The number of nitrogens with zero attached hydrogens (tertiary/aromatic N) is 2. The summed E-state index contributed by atoms with van der Waals surface area (Å²) in [6.07, 6.45) is 2.61. The Kier molecular flexibility index (Phi) is 10.9. The zero-order chi connectivity index (χ0) is 26.5. The lowest BCUT2D eigenvalue weighted by molar-refractivity contribution is -0.145. The van der Waals surface area contributed by atoms with Crippen molar-refractivity contribution in [1.82, 2.24) is 30.9 Å². The highest BCUT2D eigenvalue weighted by Gasteiger charge is 2.22. The maximum Gasteiger partial charge on any atom is 0.334 e. The molecule has 0 radical (unpaired) electrons. The molecule has 196 valence electrons. The van der Waals surface area contributed by atoms with Crippen LogP contribution in [0.2, 0.25) is 0 Å². The van der Waals surface area contributed by atoms with E-state index >= 15 is 0 Å². The summed E-state index contributed by atoms with van der Waals surface area (Å²) in [5.41, 5.74) is 0. The number of carbonyl (C=O) groups is 6. The molecular weight excluding hydrogens is 480 g/mol. The molecule has 5 amide bonds. The van der Waals surface area contributed by atoms with Crippen LogP contribution >= 0.6 is 0 Å². The maximum absolute atomic E-state index is 11.8. The summed E-state index contributed by atoms with van der Waals surface area (Å²) in [5, 5.41) is 29.0. The van der Waals surface area contributed by atoms with Gasteiger partial charge in [-0.05, 0) is 6.42 Å². The van der Waals surface area contributed by atoms with Crippen LogP contribution in [0.15, 0.2) is 24.3 Å². The van der Waals surface area contributed by atoms with Crippen LogP contribution in [0.25, 0.3) is 0 Å². The van der Waals surface area contributed by atoms with E-state index in [0.717, 1.165) is 17.0 Å². The van der Waals surface area contributed by atoms with Gasteiger partial charge in [-0.15, -0.1) is 4.73 Å². The van der Waals surface area contributed by atoms with Gasteiger partial charge in [0.1, 0.15) is 0 Å². The first-order chi connectivity index (χ1) is 17.2. The zero-order valence-electron chi connectivity index (χ0n) is 19.3. The molecule has 1 aromatic heterocycles. The lowest BCUT2D eigenvalue weighted by Gasteiger charge is -2.13. The number of carbonyl (C=O) groups excluding carboxylic acids is 6. The molecule has 0 atom stereocenters. The van der Waals surface area contributed by atoms with Crippen LogP contribution in [-0.4, -0.2) is 94.6 Å². The number of amides is 5. The van der Waals surface area contributed by atoms with Crippen molar-refractivity contribution in [3.8, 4) is 11.8 Å². The van der Waals surface area contributed by atoms with E-state index in [1.807, 2.05) is 0 Å². The van der Waals surface area contributed by atoms with E-state index in [-0.39, 0.29) is 51.5 Å². The lowest BCUT2D eigenvalue weighted by Crippen LogP contribution is -2.42. The first-order valence-corrected chi connectivity index (χ1v) is 11.0. The van der Waals surface area contributed by atoms with E-state index in [1.165, 1.54) is 12.2 Å². The molecular formula is C21H28N6O9. The van der Waals surface area contributed by atoms with Crippen LogP contribution in [-0.2, 0) is 28.8 Å². The number of hydrogen-bond acceptors (Lipinski definition) is 10. The van der Waals surface area contributed by atoms with Gasteiger partial charge in [0.2, 0.25) is 29.5 Å². The summed E-state index contributed by atoms with van der Waals surface area (Å²) in [4.78, 5) is 75.5. The summed E-state index contributed by atoms with van der Waals surface area (Å²) < 4.78 is 0.530. The summed E-state index contributed by atoms with van der Waals surface area (Å²) >= 11 is 0. The molecule has 0 unspecified atom stereocenters. The second kappa shape index (κ2) is 14.1. The van der Waals surface area contributed by atoms with E-state index in [1.54, 1.807) is 0 Å². The third-order valence-electron chi connectivity index (χ3n) is 4.68. The van der Waals surface area contributed by atoms with Crippen LogP contribution in [0.4, 0.5) is 0 Å². The minimum atomic E-state index is -0.813. The quantitative estimate of drug-likeness (QED) is 0.104. The Hall–Kier alpha value is -4.40. The van der Waals surface area contributed by atoms with Crippen molar-refractivity contribution >= 4 is 35.5 Å². The maximum atomic E-state index is 11.8. The van der Waals surface area contributed by atoms with Crippen LogP contribution in [0, 0.1) is 0 Å². The smallest absolute Gasteiger partial charge is 0.334 e. The second-order valence-electron chi connectivity index (χ2n) is 7.48. The number of aromatic nitrogens is 1. The highest BCUT2D eigenvalue weighted by molar-refractivity contribution is 6.12. The van der Waals surface area contributed by atoms with Gasteiger partial charge in [0.05, 0.1) is 19.5 Å². The summed E-state index contributed by atoms with van der Waals surface area (Å²) in [7, 11) is 0. The third kappa shape index (κ3) is 9.46. The Balaban J connectivity index is 1.44. The fourth-order valence-electron chi connectivity index (χ4n) is 2.88. The van der Waals surface area contributed by atoms with Crippen molar-refractivity contribution in [2.24, 2.45) is 0 Å². The highest BCUT2D eigenvalue weighted by Crippen LogP contribution is 2.18. The van der Waals surface area contributed by atoms with Gasteiger partial charge in [0.15, 0.2) is 0 Å². The molecule has 2 heterocycles. The van der Waals surface area contributed by atoms with Gasteiger partial charge in [-0.25, -0.2) is 4.79 Å². The van der Waals surface area contributed by atoms with Crippen molar-refractivity contribution in [3.05, 3.63) is 24.3 Å². The average molecular weight is 508 g/mol. The molecule has 15 nitrogen and oxygen atoms in total.